The summed E-state index contributed by atoms with van der Waals surface area (Å²) in [6.45, 7) is 4.10. The quantitative estimate of drug-likeness (QED) is 0.652. The Bertz CT molecular complexity index is 244. The van der Waals surface area contributed by atoms with Crippen LogP contribution in [0, 0.1) is 17.3 Å². The molecule has 1 aliphatic carbocycles. The van der Waals surface area contributed by atoms with Gasteiger partial charge in [-0.2, -0.15) is 0 Å². The Kier molecular flexibility index (Phi) is 3.37. The molecule has 4 nitrogen and oxygen atoms in total. The molecule has 1 rings (SSSR count). The maximum absolute atomic E-state index is 11.5. The highest BCUT2D eigenvalue weighted by atomic mass is 16.5. The highest BCUT2D eigenvalue weighted by Gasteiger charge is 2.47. The van der Waals surface area contributed by atoms with Gasteiger partial charge in [0.25, 0.3) is 0 Å². The SMILES string of the molecule is COC(=O)[C@H]1CC(C)(C)C[C@H]1C(=O)OC. The lowest BCUT2D eigenvalue weighted by atomic mass is 9.90. The van der Waals surface area contributed by atoms with E-state index in [1.807, 2.05) is 13.8 Å². The molecule has 1 aliphatic rings. The summed E-state index contributed by atoms with van der Waals surface area (Å²) >= 11 is 0. The Morgan fingerprint density at radius 3 is 1.60 bits per heavy atom. The summed E-state index contributed by atoms with van der Waals surface area (Å²) in [6.07, 6.45) is 1.36. The third kappa shape index (κ3) is 2.49. The van der Waals surface area contributed by atoms with E-state index in [4.69, 9.17) is 9.47 Å². The first-order valence-corrected chi connectivity index (χ1v) is 5.07. The van der Waals surface area contributed by atoms with Crippen molar-refractivity contribution < 1.29 is 19.1 Å². The Morgan fingerprint density at radius 2 is 1.33 bits per heavy atom. The molecule has 1 fully saturated rings. The highest BCUT2D eigenvalue weighted by molar-refractivity contribution is 5.82. The zero-order chi connectivity index (χ0) is 11.6. The molecule has 0 amide bonds. The van der Waals surface area contributed by atoms with Gasteiger partial charge in [0, 0.05) is 0 Å². The minimum Gasteiger partial charge on any atom is -0.469 e. The normalized spacial score (nSPS) is 28.5. The number of rotatable bonds is 2. The largest absolute Gasteiger partial charge is 0.469 e. The Labute approximate surface area is 89.9 Å². The number of carbonyl (C=O) groups excluding carboxylic acids is 2. The molecule has 0 unspecified atom stereocenters. The van der Waals surface area contributed by atoms with Gasteiger partial charge in [-0.3, -0.25) is 9.59 Å². The van der Waals surface area contributed by atoms with Gasteiger partial charge in [-0.05, 0) is 18.3 Å². The van der Waals surface area contributed by atoms with E-state index in [0.717, 1.165) is 0 Å². The number of ether oxygens (including phenoxy) is 2. The second kappa shape index (κ2) is 4.21. The summed E-state index contributed by atoms with van der Waals surface area (Å²) in [5, 5.41) is 0. The number of methoxy groups -OCH3 is 2. The van der Waals surface area contributed by atoms with Crippen LogP contribution in [0.1, 0.15) is 26.7 Å². The van der Waals surface area contributed by atoms with Gasteiger partial charge in [-0.1, -0.05) is 13.8 Å². The number of esters is 2. The van der Waals surface area contributed by atoms with Crippen LogP contribution in [0.25, 0.3) is 0 Å². The van der Waals surface area contributed by atoms with E-state index < -0.39 is 0 Å². The predicted molar refractivity (Wildman–Crippen MR) is 54.0 cm³/mol. The van der Waals surface area contributed by atoms with E-state index in [1.165, 1.54) is 14.2 Å². The van der Waals surface area contributed by atoms with Gasteiger partial charge in [0.1, 0.15) is 0 Å². The second-order valence-electron chi connectivity index (χ2n) is 4.83. The van der Waals surface area contributed by atoms with Crippen molar-refractivity contribution in [3.63, 3.8) is 0 Å². The van der Waals surface area contributed by atoms with Crippen LogP contribution in [0.2, 0.25) is 0 Å². The third-order valence-electron chi connectivity index (χ3n) is 3.04. The van der Waals surface area contributed by atoms with Gasteiger partial charge in [-0.15, -0.1) is 0 Å². The van der Waals surface area contributed by atoms with E-state index in [2.05, 4.69) is 0 Å². The average molecular weight is 214 g/mol. The standard InChI is InChI=1S/C11H18O4/c1-11(2)5-7(9(12)14-3)8(6-11)10(13)15-4/h7-8H,5-6H2,1-4H3/t7-,8+. The van der Waals surface area contributed by atoms with E-state index in [0.29, 0.717) is 12.8 Å². The van der Waals surface area contributed by atoms with Crippen molar-refractivity contribution in [1.82, 2.24) is 0 Å². The predicted octanol–water partition coefficient (Wildman–Crippen LogP) is 1.38. The third-order valence-corrected chi connectivity index (χ3v) is 3.04. The lowest BCUT2D eigenvalue weighted by Gasteiger charge is -2.15. The fourth-order valence-electron chi connectivity index (χ4n) is 2.36. The fraction of sp³-hybridized carbons (Fsp3) is 0.818. The molecular weight excluding hydrogens is 196 g/mol. The van der Waals surface area contributed by atoms with E-state index in [9.17, 15) is 9.59 Å². The van der Waals surface area contributed by atoms with Crippen molar-refractivity contribution in [2.45, 2.75) is 26.7 Å². The molecule has 2 atom stereocenters. The zero-order valence-corrected chi connectivity index (χ0v) is 9.70. The van der Waals surface area contributed by atoms with Gasteiger partial charge in [0.2, 0.25) is 0 Å². The molecule has 0 N–H and O–H groups in total. The molecule has 0 bridgehead atoms. The van der Waals surface area contributed by atoms with Gasteiger partial charge >= 0.3 is 11.9 Å². The fourth-order valence-corrected chi connectivity index (χ4v) is 2.36. The molecule has 0 radical (unpaired) electrons. The van der Waals surface area contributed by atoms with Crippen molar-refractivity contribution in [3.05, 3.63) is 0 Å². The van der Waals surface area contributed by atoms with Crippen LogP contribution in [0.5, 0.6) is 0 Å². The van der Waals surface area contributed by atoms with Crippen LogP contribution in [0.15, 0.2) is 0 Å². The van der Waals surface area contributed by atoms with Crippen molar-refractivity contribution in [2.24, 2.45) is 17.3 Å². The number of carbonyl (C=O) groups is 2. The molecule has 0 aliphatic heterocycles. The first-order valence-electron chi connectivity index (χ1n) is 5.07. The van der Waals surface area contributed by atoms with Crippen LogP contribution in [-0.4, -0.2) is 26.2 Å². The minimum absolute atomic E-state index is 0.00227. The molecule has 4 heteroatoms. The monoisotopic (exact) mass is 214 g/mol. The van der Waals surface area contributed by atoms with Crippen molar-refractivity contribution in [2.75, 3.05) is 14.2 Å². The highest BCUT2D eigenvalue weighted by Crippen LogP contribution is 2.45. The average Bonchev–Trinajstić information content (AvgIpc) is 2.52. The molecule has 0 aromatic heterocycles. The van der Waals surface area contributed by atoms with E-state index >= 15 is 0 Å². The molecule has 0 aromatic carbocycles. The van der Waals surface area contributed by atoms with Gasteiger partial charge in [-0.25, -0.2) is 0 Å². The van der Waals surface area contributed by atoms with Crippen LogP contribution in [0.4, 0.5) is 0 Å². The minimum atomic E-state index is -0.350. The lowest BCUT2D eigenvalue weighted by Crippen LogP contribution is -2.27. The molecule has 0 heterocycles. The summed E-state index contributed by atoms with van der Waals surface area (Å²) in [4.78, 5) is 23.0. The first kappa shape index (κ1) is 12.0. The Balaban J connectivity index is 2.83. The molecule has 86 valence electrons. The number of hydrogen-bond acceptors (Lipinski definition) is 4. The summed E-state index contributed by atoms with van der Waals surface area (Å²) in [7, 11) is 2.70. The van der Waals surface area contributed by atoms with Crippen LogP contribution < -0.4 is 0 Å². The van der Waals surface area contributed by atoms with Crippen molar-refractivity contribution in [1.29, 1.82) is 0 Å². The van der Waals surface area contributed by atoms with Crippen LogP contribution >= 0.6 is 0 Å². The van der Waals surface area contributed by atoms with Gasteiger partial charge in [0.15, 0.2) is 0 Å². The maximum Gasteiger partial charge on any atom is 0.309 e. The summed E-state index contributed by atoms with van der Waals surface area (Å²) in [5.41, 5.74) is -0.00227. The van der Waals surface area contributed by atoms with Crippen molar-refractivity contribution in [3.8, 4) is 0 Å². The van der Waals surface area contributed by atoms with E-state index in [-0.39, 0.29) is 29.2 Å². The topological polar surface area (TPSA) is 52.6 Å². The molecule has 15 heavy (non-hydrogen) atoms. The zero-order valence-electron chi connectivity index (χ0n) is 9.70. The molecule has 0 saturated heterocycles. The molecule has 1 saturated carbocycles. The molecule has 0 spiro atoms. The van der Waals surface area contributed by atoms with Crippen LogP contribution in [-0.2, 0) is 19.1 Å². The maximum atomic E-state index is 11.5. The Morgan fingerprint density at radius 1 is 1.00 bits per heavy atom. The molecular formula is C11H18O4. The van der Waals surface area contributed by atoms with E-state index in [1.54, 1.807) is 0 Å². The summed E-state index contributed by atoms with van der Waals surface area (Å²) in [6, 6.07) is 0. The molecule has 0 aromatic rings. The van der Waals surface area contributed by atoms with Gasteiger partial charge < -0.3 is 9.47 Å². The lowest BCUT2D eigenvalue weighted by molar-refractivity contribution is -0.156. The summed E-state index contributed by atoms with van der Waals surface area (Å²) < 4.78 is 9.41. The smallest absolute Gasteiger partial charge is 0.309 e. The summed E-state index contributed by atoms with van der Waals surface area (Å²) in [5.74, 6) is -1.32. The van der Waals surface area contributed by atoms with Crippen LogP contribution in [0.3, 0.4) is 0 Å². The second-order valence-corrected chi connectivity index (χ2v) is 4.83. The Hall–Kier alpha value is -1.06. The first-order chi connectivity index (χ1) is 6.91. The number of hydrogen-bond donors (Lipinski definition) is 0. The van der Waals surface area contributed by atoms with Crippen molar-refractivity contribution >= 4 is 11.9 Å². The van der Waals surface area contributed by atoms with Gasteiger partial charge in [0.05, 0.1) is 26.1 Å².